The zero-order chi connectivity index (χ0) is 16.5. The van der Waals surface area contributed by atoms with E-state index in [1.54, 1.807) is 13.8 Å². The lowest BCUT2D eigenvalue weighted by Crippen LogP contribution is -2.29. The molecule has 0 amide bonds. The van der Waals surface area contributed by atoms with Crippen LogP contribution >= 0.6 is 0 Å². The van der Waals surface area contributed by atoms with Gasteiger partial charge in [-0.2, -0.15) is 0 Å². The van der Waals surface area contributed by atoms with Gasteiger partial charge in [0.15, 0.2) is 0 Å². The molecular formula is C14H14FNO4S2. The predicted molar refractivity (Wildman–Crippen MR) is 79.7 cm³/mol. The van der Waals surface area contributed by atoms with Gasteiger partial charge in [-0.15, -0.1) is 4.48 Å². The summed E-state index contributed by atoms with van der Waals surface area (Å²) in [6.45, 7) is 3.46. The fourth-order valence-electron chi connectivity index (χ4n) is 1.72. The van der Waals surface area contributed by atoms with Gasteiger partial charge >= 0.3 is 0 Å². The fraction of sp³-hybridized carbons (Fsp3) is 0.143. The zero-order valence-electron chi connectivity index (χ0n) is 11.9. The molecule has 2 aromatic carbocycles. The van der Waals surface area contributed by atoms with E-state index in [2.05, 4.69) is 0 Å². The van der Waals surface area contributed by atoms with Crippen molar-refractivity contribution in [3.05, 3.63) is 59.7 Å². The van der Waals surface area contributed by atoms with Gasteiger partial charge in [-0.25, -0.2) is 16.8 Å². The van der Waals surface area contributed by atoms with Gasteiger partial charge in [0.25, 0.3) is 20.0 Å². The smallest absolute Gasteiger partial charge is 0.203 e. The van der Waals surface area contributed by atoms with Crippen molar-refractivity contribution in [3.8, 4) is 0 Å². The second-order valence-electron chi connectivity index (χ2n) is 4.79. The average Bonchev–Trinajstić information content (AvgIpc) is 2.47. The molecule has 8 heteroatoms. The summed E-state index contributed by atoms with van der Waals surface area (Å²) < 4.78 is 61.5. The molecule has 0 atom stereocenters. The zero-order valence-corrected chi connectivity index (χ0v) is 13.5. The lowest BCUT2D eigenvalue weighted by Gasteiger charge is -2.13. The Morgan fingerprint density at radius 3 is 1.23 bits per heavy atom. The largest absolute Gasteiger partial charge is 0.283 e. The van der Waals surface area contributed by atoms with Crippen LogP contribution < -0.4 is 0 Å². The number of rotatable bonds is 4. The molecule has 0 spiro atoms. The maximum Gasteiger partial charge on any atom is 0.283 e. The minimum Gasteiger partial charge on any atom is -0.203 e. The van der Waals surface area contributed by atoms with Crippen LogP contribution in [0.25, 0.3) is 0 Å². The summed E-state index contributed by atoms with van der Waals surface area (Å²) in [5, 5.41) is 0. The molecule has 22 heavy (non-hydrogen) atoms. The minimum absolute atomic E-state index is 0.434. The van der Waals surface area contributed by atoms with Gasteiger partial charge in [0.1, 0.15) is 0 Å². The molecule has 0 radical (unpaired) electrons. The van der Waals surface area contributed by atoms with E-state index < -0.39 is 33.8 Å². The number of halogens is 1. The average molecular weight is 343 g/mol. The van der Waals surface area contributed by atoms with Crippen molar-refractivity contribution < 1.29 is 21.3 Å². The molecular weight excluding hydrogens is 329 g/mol. The van der Waals surface area contributed by atoms with E-state index in [9.17, 15) is 21.3 Å². The number of nitrogens with zero attached hydrogens (tertiary/aromatic N) is 1. The second kappa shape index (κ2) is 5.79. The van der Waals surface area contributed by atoms with Gasteiger partial charge in [0.2, 0.25) is 0 Å². The van der Waals surface area contributed by atoms with Crippen molar-refractivity contribution in [2.75, 3.05) is 0 Å². The Kier molecular flexibility index (Phi) is 4.37. The van der Waals surface area contributed by atoms with Crippen molar-refractivity contribution in [2.45, 2.75) is 23.6 Å². The summed E-state index contributed by atoms with van der Waals surface area (Å²) in [5.41, 5.74) is 1.54. The Morgan fingerprint density at radius 1 is 0.682 bits per heavy atom. The Morgan fingerprint density at radius 2 is 0.955 bits per heavy atom. The number of sulfonamides is 2. The van der Waals surface area contributed by atoms with E-state index in [-0.39, 0.29) is 0 Å². The molecule has 0 N–H and O–H groups in total. The first-order chi connectivity index (χ1) is 10.2. The SMILES string of the molecule is Cc1ccc(S(=O)(=O)N(F)S(=O)(=O)c2ccc(C)cc2)cc1. The van der Waals surface area contributed by atoms with Crippen LogP contribution in [0.1, 0.15) is 11.1 Å². The third kappa shape index (κ3) is 3.03. The van der Waals surface area contributed by atoms with Gasteiger partial charge in [0.05, 0.1) is 13.7 Å². The Labute approximate surface area is 129 Å². The maximum atomic E-state index is 14.2. The summed E-state index contributed by atoms with van der Waals surface area (Å²) in [4.78, 5) is -0.868. The molecule has 0 fully saturated rings. The number of benzene rings is 2. The van der Waals surface area contributed by atoms with E-state index in [1.165, 1.54) is 24.3 Å². The molecule has 0 aromatic heterocycles. The highest BCUT2D eigenvalue weighted by Crippen LogP contribution is 2.25. The maximum absolute atomic E-state index is 14.2. The van der Waals surface area contributed by atoms with Crippen molar-refractivity contribution >= 4 is 20.0 Å². The second-order valence-corrected chi connectivity index (χ2v) is 8.50. The Balaban J connectivity index is 2.47. The molecule has 0 heterocycles. The van der Waals surface area contributed by atoms with Crippen molar-refractivity contribution in [1.82, 2.24) is 3.93 Å². The molecule has 0 aliphatic rings. The lowest BCUT2D eigenvalue weighted by molar-refractivity contribution is 0.250. The van der Waals surface area contributed by atoms with Crippen LogP contribution in [0.3, 0.4) is 0 Å². The minimum atomic E-state index is -4.79. The van der Waals surface area contributed by atoms with Gasteiger partial charge < -0.3 is 0 Å². The van der Waals surface area contributed by atoms with E-state index in [4.69, 9.17) is 0 Å². The first kappa shape index (κ1) is 16.6. The highest BCUT2D eigenvalue weighted by molar-refractivity contribution is 8.03. The van der Waals surface area contributed by atoms with E-state index >= 15 is 0 Å². The van der Waals surface area contributed by atoms with Gasteiger partial charge in [-0.05, 0) is 38.1 Å². The predicted octanol–water partition coefficient (Wildman–Crippen LogP) is 2.57. The molecule has 0 saturated carbocycles. The molecule has 118 valence electrons. The highest BCUT2D eigenvalue weighted by atomic mass is 32.3. The summed E-state index contributed by atoms with van der Waals surface area (Å²) in [6, 6.07) is 10.4. The van der Waals surface area contributed by atoms with Gasteiger partial charge in [-0.1, -0.05) is 35.4 Å². The first-order valence-electron chi connectivity index (χ1n) is 6.25. The molecule has 5 nitrogen and oxygen atoms in total. The van der Waals surface area contributed by atoms with Crippen LogP contribution in [0.2, 0.25) is 0 Å². The quantitative estimate of drug-likeness (QED) is 0.800. The lowest BCUT2D eigenvalue weighted by atomic mass is 10.2. The van der Waals surface area contributed by atoms with Crippen LogP contribution in [-0.4, -0.2) is 20.8 Å². The summed E-state index contributed by atoms with van der Waals surface area (Å²) in [5.74, 6) is 0. The van der Waals surface area contributed by atoms with Crippen LogP contribution in [0, 0.1) is 13.8 Å². The summed E-state index contributed by atoms with van der Waals surface area (Å²) >= 11 is 0. The van der Waals surface area contributed by atoms with Crippen LogP contribution in [0.15, 0.2) is 58.3 Å². The van der Waals surface area contributed by atoms with Crippen molar-refractivity contribution in [2.24, 2.45) is 0 Å². The van der Waals surface area contributed by atoms with Crippen molar-refractivity contribution in [3.63, 3.8) is 0 Å². The van der Waals surface area contributed by atoms with E-state index in [0.717, 1.165) is 35.4 Å². The monoisotopic (exact) mass is 343 g/mol. The number of hydrogen-bond donors (Lipinski definition) is 0. The molecule has 0 aliphatic heterocycles. The number of hydrogen-bond acceptors (Lipinski definition) is 4. The third-order valence-corrected chi connectivity index (χ3v) is 6.68. The molecule has 0 bridgehead atoms. The molecule has 0 saturated heterocycles. The first-order valence-corrected chi connectivity index (χ1v) is 9.13. The fourth-order valence-corrected chi connectivity index (χ4v) is 4.56. The van der Waals surface area contributed by atoms with E-state index in [1.807, 2.05) is 0 Å². The molecule has 2 rings (SSSR count). The Hall–Kier alpha value is -1.77. The molecule has 2 aromatic rings. The third-order valence-electron chi connectivity index (χ3n) is 3.02. The normalized spacial score (nSPS) is 12.5. The van der Waals surface area contributed by atoms with Crippen LogP contribution in [0.5, 0.6) is 0 Å². The molecule has 0 aliphatic carbocycles. The van der Waals surface area contributed by atoms with Crippen LogP contribution in [-0.2, 0) is 20.0 Å². The molecule has 0 unspecified atom stereocenters. The number of aryl methyl sites for hydroxylation is 2. The van der Waals surface area contributed by atoms with Crippen molar-refractivity contribution in [1.29, 1.82) is 0 Å². The summed E-state index contributed by atoms with van der Waals surface area (Å²) in [7, 11) is -9.59. The topological polar surface area (TPSA) is 71.5 Å². The highest BCUT2D eigenvalue weighted by Gasteiger charge is 2.37. The van der Waals surface area contributed by atoms with Crippen LogP contribution in [0.4, 0.5) is 4.48 Å². The Bertz CT molecular complexity index is 798. The summed E-state index contributed by atoms with van der Waals surface area (Å²) in [6.07, 6.45) is 0. The standard InChI is InChI=1S/C14H14FNO4S2/c1-11-3-7-13(8-4-11)21(17,18)16(15)22(19,20)14-9-5-12(2)6-10-14/h3-10H,1-2H3. The van der Waals surface area contributed by atoms with Gasteiger partial charge in [0, 0.05) is 0 Å². The van der Waals surface area contributed by atoms with Gasteiger partial charge in [-0.3, -0.25) is 0 Å². The van der Waals surface area contributed by atoms with E-state index in [0.29, 0.717) is 0 Å².